The Hall–Kier alpha value is -3.48. The van der Waals surface area contributed by atoms with Crippen molar-refractivity contribution in [2.75, 3.05) is 6.61 Å². The molecule has 3 rings (SSSR count). The van der Waals surface area contributed by atoms with E-state index >= 15 is 0 Å². The third kappa shape index (κ3) is 6.25. The summed E-state index contributed by atoms with van der Waals surface area (Å²) in [6.07, 6.45) is 3.50. The van der Waals surface area contributed by atoms with Crippen LogP contribution in [-0.2, 0) is 14.3 Å². The molecule has 0 atom stereocenters. The van der Waals surface area contributed by atoms with E-state index in [-0.39, 0.29) is 11.9 Å². The third-order valence-corrected chi connectivity index (χ3v) is 4.70. The highest BCUT2D eigenvalue weighted by Crippen LogP contribution is 2.25. The molecule has 0 saturated carbocycles. The van der Waals surface area contributed by atoms with Gasteiger partial charge >= 0.3 is 11.9 Å². The molecule has 0 bridgehead atoms. The minimum Gasteiger partial charge on any atom is -0.462 e. The molecular formula is C24H27N3O4. The summed E-state index contributed by atoms with van der Waals surface area (Å²) in [4.78, 5) is 25.2. The molecule has 0 aliphatic heterocycles. The van der Waals surface area contributed by atoms with Crippen LogP contribution in [0.4, 0.5) is 0 Å². The predicted octanol–water partition coefficient (Wildman–Crippen LogP) is 4.70. The summed E-state index contributed by atoms with van der Waals surface area (Å²) in [6, 6.07) is 13.1. The van der Waals surface area contributed by atoms with Crippen LogP contribution in [0.15, 0.2) is 54.6 Å². The van der Waals surface area contributed by atoms with Crippen LogP contribution in [0.2, 0.25) is 0 Å². The Morgan fingerprint density at radius 1 is 1.00 bits per heavy atom. The highest BCUT2D eigenvalue weighted by Gasteiger charge is 2.14. The quantitative estimate of drug-likeness (QED) is 0.204. The fraction of sp³-hybridized carbons (Fsp3) is 0.333. The molecule has 0 amide bonds. The number of hydrogen-bond acceptors (Lipinski definition) is 6. The van der Waals surface area contributed by atoms with Gasteiger partial charge in [-0.2, -0.15) is 0 Å². The van der Waals surface area contributed by atoms with Crippen molar-refractivity contribution in [3.05, 3.63) is 60.2 Å². The molecule has 3 aromatic rings. The number of carbonyl (C=O) groups excluding carboxylic acids is 2. The Balaban J connectivity index is 1.51. The molecule has 0 aliphatic carbocycles. The summed E-state index contributed by atoms with van der Waals surface area (Å²) in [7, 11) is 0. The number of benzene rings is 2. The number of nitrogens with zero attached hydrogens (tertiary/aromatic N) is 3. The average Bonchev–Trinajstić information content (AvgIpc) is 3.18. The first-order valence-corrected chi connectivity index (χ1v) is 10.4. The maximum atomic E-state index is 12.4. The smallest absolute Gasteiger partial charge is 0.333 e. The Bertz CT molecular complexity index is 1050. The summed E-state index contributed by atoms with van der Waals surface area (Å²) in [5.41, 5.74) is 3.59. The summed E-state index contributed by atoms with van der Waals surface area (Å²) < 4.78 is 10.7. The number of fused-ring (bicyclic) bond motifs is 1. The average molecular weight is 421 g/mol. The Morgan fingerprint density at radius 3 is 2.35 bits per heavy atom. The topological polar surface area (TPSA) is 83.3 Å². The first kappa shape index (κ1) is 22.2. The number of aromatic nitrogens is 3. The number of carbonyl (C=O) groups is 2. The van der Waals surface area contributed by atoms with Gasteiger partial charge in [0.25, 0.3) is 0 Å². The summed E-state index contributed by atoms with van der Waals surface area (Å²) in [5, 5.41) is 8.98. The summed E-state index contributed by atoms with van der Waals surface area (Å²) in [5.74, 6) is -0.227. The second kappa shape index (κ2) is 10.5. The molecule has 0 radical (unpaired) electrons. The molecule has 0 spiro atoms. The molecule has 0 N–H and O–H groups in total. The molecule has 7 heteroatoms. The number of aryl methyl sites for hydroxylation is 1. The van der Waals surface area contributed by atoms with Crippen LogP contribution in [0.3, 0.4) is 0 Å². The molecule has 0 aliphatic rings. The van der Waals surface area contributed by atoms with Gasteiger partial charge in [-0.15, -0.1) is 15.0 Å². The molecule has 0 saturated heterocycles. The van der Waals surface area contributed by atoms with Gasteiger partial charge in [-0.1, -0.05) is 37.6 Å². The zero-order valence-corrected chi connectivity index (χ0v) is 18.0. The third-order valence-electron chi connectivity index (χ3n) is 4.70. The van der Waals surface area contributed by atoms with E-state index in [2.05, 4.69) is 16.8 Å². The van der Waals surface area contributed by atoms with Crippen LogP contribution < -0.4 is 4.74 Å². The molecular weight excluding hydrogens is 394 g/mol. The van der Waals surface area contributed by atoms with Gasteiger partial charge in [0.1, 0.15) is 16.7 Å². The lowest BCUT2D eigenvalue weighted by atomic mass is 10.1. The zero-order chi connectivity index (χ0) is 22.2. The minimum absolute atomic E-state index is 0.296. The van der Waals surface area contributed by atoms with Gasteiger partial charge in [0.2, 0.25) is 0 Å². The van der Waals surface area contributed by atoms with E-state index < -0.39 is 0 Å². The second-order valence-electron chi connectivity index (χ2n) is 7.50. The van der Waals surface area contributed by atoms with Gasteiger partial charge in [0, 0.05) is 12.0 Å². The van der Waals surface area contributed by atoms with Crippen LogP contribution in [0.5, 0.6) is 5.75 Å². The molecule has 162 valence electrons. The van der Waals surface area contributed by atoms with Crippen LogP contribution in [0, 0.1) is 6.92 Å². The van der Waals surface area contributed by atoms with Crippen molar-refractivity contribution in [3.8, 4) is 11.4 Å². The highest BCUT2D eigenvalue weighted by atomic mass is 16.5. The minimum atomic E-state index is -0.364. The van der Waals surface area contributed by atoms with Crippen molar-refractivity contribution in [1.82, 2.24) is 15.0 Å². The van der Waals surface area contributed by atoms with E-state index in [0.29, 0.717) is 36.5 Å². The fourth-order valence-corrected chi connectivity index (χ4v) is 3.02. The van der Waals surface area contributed by atoms with E-state index in [9.17, 15) is 9.59 Å². The maximum Gasteiger partial charge on any atom is 0.333 e. The van der Waals surface area contributed by atoms with Crippen molar-refractivity contribution >= 4 is 23.0 Å². The highest BCUT2D eigenvalue weighted by molar-refractivity contribution is 5.86. The van der Waals surface area contributed by atoms with Gasteiger partial charge in [-0.3, -0.25) is 4.79 Å². The van der Waals surface area contributed by atoms with Crippen LogP contribution in [0.25, 0.3) is 16.7 Å². The van der Waals surface area contributed by atoms with Crippen LogP contribution >= 0.6 is 0 Å². The number of rotatable bonds is 10. The summed E-state index contributed by atoms with van der Waals surface area (Å²) in [6.45, 7) is 7.50. The zero-order valence-electron chi connectivity index (χ0n) is 18.0. The van der Waals surface area contributed by atoms with E-state index in [1.54, 1.807) is 13.0 Å². The van der Waals surface area contributed by atoms with Crippen LogP contribution in [-0.4, -0.2) is 33.5 Å². The van der Waals surface area contributed by atoms with Crippen molar-refractivity contribution in [2.45, 2.75) is 46.0 Å². The van der Waals surface area contributed by atoms with E-state index in [1.807, 2.05) is 43.3 Å². The Kier molecular flexibility index (Phi) is 7.54. The lowest BCUT2D eigenvalue weighted by molar-refractivity contribution is -0.139. The van der Waals surface area contributed by atoms with Crippen molar-refractivity contribution in [2.24, 2.45) is 0 Å². The van der Waals surface area contributed by atoms with Gasteiger partial charge < -0.3 is 9.47 Å². The van der Waals surface area contributed by atoms with Crippen LogP contribution in [0.1, 0.15) is 44.6 Å². The molecule has 0 unspecified atom stereocenters. The second-order valence-corrected chi connectivity index (χ2v) is 7.50. The van der Waals surface area contributed by atoms with Gasteiger partial charge in [0.15, 0.2) is 5.75 Å². The molecule has 31 heavy (non-hydrogen) atoms. The van der Waals surface area contributed by atoms with Gasteiger partial charge in [-0.05, 0) is 56.5 Å². The normalized spacial score (nSPS) is 10.8. The largest absolute Gasteiger partial charge is 0.462 e. The Morgan fingerprint density at radius 2 is 1.68 bits per heavy atom. The first-order valence-electron chi connectivity index (χ1n) is 10.4. The van der Waals surface area contributed by atoms with E-state index in [1.165, 1.54) is 4.80 Å². The number of esters is 2. The monoisotopic (exact) mass is 421 g/mol. The SMILES string of the molecule is C=C(C)C(=O)OCCCCCCC(=O)Oc1ccc(C)cc1-n1nc2ccccc2n1. The molecule has 1 aromatic heterocycles. The fourth-order valence-electron chi connectivity index (χ4n) is 3.02. The number of hydrogen-bond donors (Lipinski definition) is 0. The first-order chi connectivity index (χ1) is 14.9. The van der Waals surface area contributed by atoms with Crippen molar-refractivity contribution < 1.29 is 19.1 Å². The maximum absolute atomic E-state index is 12.4. The van der Waals surface area contributed by atoms with Gasteiger partial charge in [0.05, 0.1) is 6.61 Å². The molecule has 2 aromatic carbocycles. The number of unbranched alkanes of at least 4 members (excludes halogenated alkanes) is 3. The summed E-state index contributed by atoms with van der Waals surface area (Å²) >= 11 is 0. The van der Waals surface area contributed by atoms with E-state index in [0.717, 1.165) is 35.9 Å². The molecule has 7 nitrogen and oxygen atoms in total. The lowest BCUT2D eigenvalue weighted by Gasteiger charge is -2.10. The van der Waals surface area contributed by atoms with Crippen molar-refractivity contribution in [1.29, 1.82) is 0 Å². The molecule has 1 heterocycles. The van der Waals surface area contributed by atoms with E-state index in [4.69, 9.17) is 9.47 Å². The lowest BCUT2D eigenvalue weighted by Crippen LogP contribution is -2.11. The predicted molar refractivity (Wildman–Crippen MR) is 118 cm³/mol. The number of ether oxygens (including phenoxy) is 2. The van der Waals surface area contributed by atoms with Crippen molar-refractivity contribution in [3.63, 3.8) is 0 Å². The molecule has 0 fully saturated rings. The van der Waals surface area contributed by atoms with Gasteiger partial charge in [-0.25, -0.2) is 4.79 Å². The standard InChI is InChI=1S/C24H27N3O4/c1-17(2)24(29)30-15-9-5-4-6-12-23(28)31-22-14-13-18(3)16-21(22)27-25-19-10-7-8-11-20(19)26-27/h7-8,10-11,13-14,16H,1,4-6,9,12,15H2,2-3H3. The Labute approximate surface area is 181 Å².